The van der Waals surface area contributed by atoms with Crippen molar-refractivity contribution in [2.24, 2.45) is 5.73 Å². The van der Waals surface area contributed by atoms with Crippen LogP contribution in [-0.2, 0) is 12.7 Å². The molecule has 0 aliphatic rings. The summed E-state index contributed by atoms with van der Waals surface area (Å²) >= 11 is 5.27. The number of nitrogens with zero attached hydrogens (tertiary/aromatic N) is 1. The zero-order valence-corrected chi connectivity index (χ0v) is 8.38. The Balaban J connectivity index is 0.00000169. The van der Waals surface area contributed by atoms with E-state index in [1.807, 2.05) is 0 Å². The Hall–Kier alpha value is -0.520. The summed E-state index contributed by atoms with van der Waals surface area (Å²) in [6, 6.07) is 0.898. The molecule has 0 unspecified atom stereocenters. The van der Waals surface area contributed by atoms with Crippen molar-refractivity contribution >= 4 is 24.0 Å². The number of nitrogens with two attached hydrogens (primary N) is 1. The summed E-state index contributed by atoms with van der Waals surface area (Å²) in [5, 5.41) is -0.551. The van der Waals surface area contributed by atoms with Crippen LogP contribution in [0.2, 0.25) is 5.15 Å². The monoisotopic (exact) mass is 246 g/mol. The van der Waals surface area contributed by atoms with Gasteiger partial charge in [-0.3, -0.25) is 0 Å². The van der Waals surface area contributed by atoms with Gasteiger partial charge in [-0.2, -0.15) is 13.2 Å². The Morgan fingerprint density at radius 1 is 1.43 bits per heavy atom. The number of rotatable bonds is 1. The van der Waals surface area contributed by atoms with Crippen LogP contribution >= 0.6 is 24.0 Å². The zero-order chi connectivity index (χ0) is 10.1. The summed E-state index contributed by atoms with van der Waals surface area (Å²) in [6.45, 7) is 0.00719. The number of halogens is 5. The lowest BCUT2D eigenvalue weighted by molar-refractivity contribution is -0.137. The summed E-state index contributed by atoms with van der Waals surface area (Å²) < 4.78 is 36.6. The molecule has 14 heavy (non-hydrogen) atoms. The van der Waals surface area contributed by atoms with Gasteiger partial charge in [0, 0.05) is 12.7 Å². The second-order valence-electron chi connectivity index (χ2n) is 2.38. The minimum Gasteiger partial charge on any atom is -0.326 e. The fourth-order valence-electron chi connectivity index (χ4n) is 0.802. The number of aromatic nitrogens is 1. The molecular weight excluding hydrogens is 240 g/mol. The van der Waals surface area contributed by atoms with Gasteiger partial charge in [0.15, 0.2) is 0 Å². The van der Waals surface area contributed by atoms with E-state index < -0.39 is 16.9 Å². The lowest BCUT2D eigenvalue weighted by Gasteiger charge is -2.08. The standard InChI is InChI=1S/C7H6ClF3N2.ClH/c8-6-5(7(9,10)11)1-4(2-12)3-13-6;/h1,3H,2,12H2;1H. The van der Waals surface area contributed by atoms with Crippen LogP contribution in [0.15, 0.2) is 12.3 Å². The van der Waals surface area contributed by atoms with Crippen molar-refractivity contribution in [2.75, 3.05) is 0 Å². The Morgan fingerprint density at radius 3 is 2.43 bits per heavy atom. The average molecular weight is 247 g/mol. The smallest absolute Gasteiger partial charge is 0.326 e. The van der Waals surface area contributed by atoms with Crippen molar-refractivity contribution in [2.45, 2.75) is 12.7 Å². The van der Waals surface area contributed by atoms with E-state index >= 15 is 0 Å². The van der Waals surface area contributed by atoms with Gasteiger partial charge in [-0.25, -0.2) is 4.98 Å². The molecule has 0 aliphatic carbocycles. The molecule has 0 fully saturated rings. The van der Waals surface area contributed by atoms with Crippen LogP contribution < -0.4 is 5.73 Å². The zero-order valence-electron chi connectivity index (χ0n) is 6.81. The summed E-state index contributed by atoms with van der Waals surface area (Å²) in [4.78, 5) is 3.38. The maximum atomic E-state index is 12.2. The van der Waals surface area contributed by atoms with E-state index in [4.69, 9.17) is 17.3 Å². The van der Waals surface area contributed by atoms with Crippen molar-refractivity contribution < 1.29 is 13.2 Å². The highest BCUT2D eigenvalue weighted by Crippen LogP contribution is 2.33. The topological polar surface area (TPSA) is 38.9 Å². The molecule has 0 amide bonds. The van der Waals surface area contributed by atoms with E-state index in [0.717, 1.165) is 6.07 Å². The molecule has 0 bridgehead atoms. The molecule has 7 heteroatoms. The summed E-state index contributed by atoms with van der Waals surface area (Å²) in [5.41, 5.74) is 4.52. The summed E-state index contributed by atoms with van der Waals surface area (Å²) in [6.07, 6.45) is -3.26. The molecule has 80 valence electrons. The Labute approximate surface area is 89.7 Å². The summed E-state index contributed by atoms with van der Waals surface area (Å²) in [7, 11) is 0. The first kappa shape index (κ1) is 13.5. The molecule has 1 rings (SSSR count). The van der Waals surface area contributed by atoms with Gasteiger partial charge < -0.3 is 5.73 Å². The van der Waals surface area contributed by atoms with E-state index in [-0.39, 0.29) is 19.0 Å². The first-order valence-corrected chi connectivity index (χ1v) is 3.74. The van der Waals surface area contributed by atoms with Crippen molar-refractivity contribution in [3.8, 4) is 0 Å². The fraction of sp³-hybridized carbons (Fsp3) is 0.286. The molecule has 0 spiro atoms. The lowest BCUT2D eigenvalue weighted by atomic mass is 10.2. The molecule has 0 aliphatic heterocycles. The molecule has 0 saturated carbocycles. The molecule has 2 nitrogen and oxygen atoms in total. The second kappa shape index (κ2) is 4.82. The number of hydrogen-bond donors (Lipinski definition) is 1. The summed E-state index contributed by atoms with van der Waals surface area (Å²) in [5.74, 6) is 0. The van der Waals surface area contributed by atoms with Gasteiger partial charge >= 0.3 is 6.18 Å². The van der Waals surface area contributed by atoms with Gasteiger partial charge in [-0.15, -0.1) is 12.4 Å². The number of hydrogen-bond acceptors (Lipinski definition) is 2. The fourth-order valence-corrected chi connectivity index (χ4v) is 1.01. The molecule has 0 radical (unpaired) electrons. The van der Waals surface area contributed by atoms with Gasteiger partial charge in [-0.05, 0) is 11.6 Å². The third kappa shape index (κ3) is 3.01. The highest BCUT2D eigenvalue weighted by molar-refractivity contribution is 6.30. The van der Waals surface area contributed by atoms with Crippen LogP contribution in [0, 0.1) is 0 Å². The quantitative estimate of drug-likeness (QED) is 0.774. The molecule has 2 N–H and O–H groups in total. The van der Waals surface area contributed by atoms with E-state index in [1.54, 1.807) is 0 Å². The largest absolute Gasteiger partial charge is 0.419 e. The maximum Gasteiger partial charge on any atom is 0.419 e. The molecular formula is C7H7Cl2F3N2. The Bertz CT molecular complexity index is 314. The van der Waals surface area contributed by atoms with Crippen LogP contribution in [-0.4, -0.2) is 4.98 Å². The third-order valence-corrected chi connectivity index (χ3v) is 1.74. The molecule has 1 aromatic heterocycles. The maximum absolute atomic E-state index is 12.2. The van der Waals surface area contributed by atoms with E-state index in [2.05, 4.69) is 4.98 Å². The van der Waals surface area contributed by atoms with E-state index in [0.29, 0.717) is 5.56 Å². The van der Waals surface area contributed by atoms with Crippen molar-refractivity contribution in [1.29, 1.82) is 0 Å². The highest BCUT2D eigenvalue weighted by atomic mass is 35.5. The van der Waals surface area contributed by atoms with Crippen molar-refractivity contribution in [3.05, 3.63) is 28.5 Å². The first-order chi connectivity index (χ1) is 5.95. The predicted molar refractivity (Wildman–Crippen MR) is 49.4 cm³/mol. The van der Waals surface area contributed by atoms with Crippen LogP contribution in [0.3, 0.4) is 0 Å². The van der Waals surface area contributed by atoms with Gasteiger partial charge in [0.2, 0.25) is 0 Å². The van der Waals surface area contributed by atoms with Gasteiger partial charge in [-0.1, -0.05) is 11.6 Å². The van der Waals surface area contributed by atoms with Crippen LogP contribution in [0.4, 0.5) is 13.2 Å². The van der Waals surface area contributed by atoms with E-state index in [9.17, 15) is 13.2 Å². The lowest BCUT2D eigenvalue weighted by Crippen LogP contribution is -2.09. The van der Waals surface area contributed by atoms with E-state index in [1.165, 1.54) is 6.20 Å². The number of alkyl halides is 3. The van der Waals surface area contributed by atoms with Crippen molar-refractivity contribution in [1.82, 2.24) is 4.98 Å². The second-order valence-corrected chi connectivity index (χ2v) is 2.74. The molecule has 1 heterocycles. The van der Waals surface area contributed by atoms with Crippen LogP contribution in [0.25, 0.3) is 0 Å². The average Bonchev–Trinajstić information content (AvgIpc) is 2.03. The van der Waals surface area contributed by atoms with Gasteiger partial charge in [0.25, 0.3) is 0 Å². The minimum atomic E-state index is -4.48. The van der Waals surface area contributed by atoms with Gasteiger partial charge in [0.1, 0.15) is 5.15 Å². The van der Waals surface area contributed by atoms with Crippen molar-refractivity contribution in [3.63, 3.8) is 0 Å². The van der Waals surface area contributed by atoms with Gasteiger partial charge in [0.05, 0.1) is 5.56 Å². The predicted octanol–water partition coefficient (Wildman–Crippen LogP) is 2.63. The Kier molecular flexibility index (Phi) is 4.64. The minimum absolute atomic E-state index is 0. The van der Waals surface area contributed by atoms with Crippen LogP contribution in [0.5, 0.6) is 0 Å². The molecule has 0 atom stereocenters. The molecule has 0 aromatic carbocycles. The van der Waals surface area contributed by atoms with Crippen LogP contribution in [0.1, 0.15) is 11.1 Å². The molecule has 0 saturated heterocycles. The SMILES string of the molecule is Cl.NCc1cnc(Cl)c(C(F)(F)F)c1. The highest BCUT2D eigenvalue weighted by Gasteiger charge is 2.33. The number of pyridine rings is 1. The normalized spacial score (nSPS) is 10.9. The third-order valence-electron chi connectivity index (χ3n) is 1.44. The Morgan fingerprint density at radius 2 is 2.00 bits per heavy atom. The first-order valence-electron chi connectivity index (χ1n) is 3.37. The molecule has 1 aromatic rings.